The first-order valence-corrected chi connectivity index (χ1v) is 14.7. The van der Waals surface area contributed by atoms with Crippen molar-refractivity contribution in [1.29, 1.82) is 0 Å². The number of pyridine rings is 1. The maximum absolute atomic E-state index is 13.7. The number of thiocarbonyl (C=S) groups is 1. The van der Waals surface area contributed by atoms with Crippen LogP contribution in [0.5, 0.6) is 5.75 Å². The Morgan fingerprint density at radius 3 is 2.49 bits per heavy atom. The van der Waals surface area contributed by atoms with Crippen LogP contribution in [0.15, 0.2) is 58.4 Å². The van der Waals surface area contributed by atoms with E-state index in [9.17, 15) is 14.4 Å². The van der Waals surface area contributed by atoms with Crippen LogP contribution in [0, 0.1) is 0 Å². The van der Waals surface area contributed by atoms with Crippen LogP contribution in [0.2, 0.25) is 0 Å². The number of fused-ring (bicyclic) bond motifs is 1. The van der Waals surface area contributed by atoms with Gasteiger partial charge in [-0.25, -0.2) is 4.98 Å². The van der Waals surface area contributed by atoms with Crippen LogP contribution in [-0.2, 0) is 9.59 Å². The number of hydrogen-bond donors (Lipinski definition) is 1. The smallest absolute Gasteiger partial charge is 0.303 e. The number of carbonyl (C=O) groups excluding carboxylic acids is 1. The zero-order valence-corrected chi connectivity index (χ0v) is 24.3. The third-order valence-electron chi connectivity index (χ3n) is 7.19. The molecule has 1 aromatic carbocycles. The molecule has 4 heterocycles. The standard InChI is InChI=1S/C29H31N5O5S2/c1-39-21-11-9-20(10-12-21)31-15-17-32(18-16-31)26-22(27(37)33-13-6-4-7-24(33)30-26)19-23-28(38)34(29(40)41-23)14-5-2-3-8-25(35)36/h4,6-7,9-13,19H,2-3,5,8,14-18H2,1H3,(H,35,36). The highest BCUT2D eigenvalue weighted by molar-refractivity contribution is 8.26. The normalized spacial score (nSPS) is 16.7. The lowest BCUT2D eigenvalue weighted by Gasteiger charge is -2.37. The third-order valence-corrected chi connectivity index (χ3v) is 8.56. The predicted molar refractivity (Wildman–Crippen MR) is 165 cm³/mol. The van der Waals surface area contributed by atoms with E-state index in [4.69, 9.17) is 27.0 Å². The van der Waals surface area contributed by atoms with Crippen LogP contribution in [0.25, 0.3) is 11.7 Å². The molecule has 0 aliphatic carbocycles. The summed E-state index contributed by atoms with van der Waals surface area (Å²) in [5, 5.41) is 8.83. The van der Waals surface area contributed by atoms with E-state index in [0.29, 0.717) is 65.2 Å². The average molecular weight is 594 g/mol. The molecule has 2 aromatic heterocycles. The van der Waals surface area contributed by atoms with Crippen molar-refractivity contribution < 1.29 is 19.4 Å². The predicted octanol–water partition coefficient (Wildman–Crippen LogP) is 3.88. The molecule has 0 bridgehead atoms. The number of carboxylic acids is 1. The number of rotatable bonds is 10. The van der Waals surface area contributed by atoms with E-state index in [2.05, 4.69) is 9.80 Å². The SMILES string of the molecule is COc1ccc(N2CCN(c3nc4ccccn4c(=O)c3C=C3SC(=S)N(CCCCCC(=O)O)C3=O)CC2)cc1. The van der Waals surface area contributed by atoms with Gasteiger partial charge in [0, 0.05) is 51.0 Å². The van der Waals surface area contributed by atoms with Crippen LogP contribution >= 0.6 is 24.0 Å². The van der Waals surface area contributed by atoms with E-state index in [1.54, 1.807) is 31.5 Å². The summed E-state index contributed by atoms with van der Waals surface area (Å²) in [6.07, 6.45) is 5.30. The Bertz CT molecular complexity index is 1550. The van der Waals surface area contributed by atoms with Gasteiger partial charge in [-0.15, -0.1) is 0 Å². The Balaban J connectivity index is 1.38. The van der Waals surface area contributed by atoms with Crippen LogP contribution in [0.4, 0.5) is 11.5 Å². The largest absolute Gasteiger partial charge is 0.497 e. The van der Waals surface area contributed by atoms with Crippen molar-refractivity contribution in [2.45, 2.75) is 25.7 Å². The van der Waals surface area contributed by atoms with E-state index in [-0.39, 0.29) is 17.9 Å². The van der Waals surface area contributed by atoms with Crippen molar-refractivity contribution in [3.8, 4) is 5.75 Å². The van der Waals surface area contributed by atoms with Gasteiger partial charge in [-0.3, -0.25) is 23.7 Å². The quantitative estimate of drug-likeness (QED) is 0.211. The topological polar surface area (TPSA) is 108 Å². The number of piperazine rings is 1. The van der Waals surface area contributed by atoms with Crippen molar-refractivity contribution >= 4 is 63.4 Å². The van der Waals surface area contributed by atoms with Gasteiger partial charge >= 0.3 is 5.97 Å². The summed E-state index contributed by atoms with van der Waals surface area (Å²) in [6.45, 7) is 3.20. The molecule has 0 saturated carbocycles. The fourth-order valence-corrected chi connectivity index (χ4v) is 6.27. The lowest BCUT2D eigenvalue weighted by Crippen LogP contribution is -2.47. The molecule has 41 heavy (non-hydrogen) atoms. The summed E-state index contributed by atoms with van der Waals surface area (Å²) in [7, 11) is 1.65. The Morgan fingerprint density at radius 1 is 1.05 bits per heavy atom. The highest BCUT2D eigenvalue weighted by Gasteiger charge is 2.33. The Morgan fingerprint density at radius 2 is 1.78 bits per heavy atom. The number of aliphatic carboxylic acids is 1. The summed E-state index contributed by atoms with van der Waals surface area (Å²) in [5.41, 5.74) is 1.75. The number of hydrogen-bond acceptors (Lipinski definition) is 9. The molecule has 12 heteroatoms. The highest BCUT2D eigenvalue weighted by atomic mass is 32.2. The van der Waals surface area contributed by atoms with Crippen LogP contribution < -0.4 is 20.1 Å². The molecule has 0 spiro atoms. The molecular formula is C29H31N5O5S2. The minimum Gasteiger partial charge on any atom is -0.497 e. The third kappa shape index (κ3) is 6.38. The zero-order chi connectivity index (χ0) is 28.9. The summed E-state index contributed by atoms with van der Waals surface area (Å²) >= 11 is 6.66. The summed E-state index contributed by atoms with van der Waals surface area (Å²) < 4.78 is 7.20. The van der Waals surface area contributed by atoms with Gasteiger partial charge in [0.25, 0.3) is 11.5 Å². The van der Waals surface area contributed by atoms with Gasteiger partial charge in [0.15, 0.2) is 0 Å². The molecule has 0 atom stereocenters. The van der Waals surface area contributed by atoms with Crippen molar-refractivity contribution in [3.63, 3.8) is 0 Å². The molecule has 3 aromatic rings. The molecule has 2 aliphatic rings. The summed E-state index contributed by atoms with van der Waals surface area (Å²) in [4.78, 5) is 48.9. The number of thioether (sulfide) groups is 1. The molecule has 1 N–H and O–H groups in total. The second-order valence-corrected chi connectivity index (χ2v) is 11.5. The minimum absolute atomic E-state index is 0.105. The van der Waals surface area contributed by atoms with Gasteiger partial charge in [0.2, 0.25) is 0 Å². The van der Waals surface area contributed by atoms with Gasteiger partial charge in [-0.1, -0.05) is 36.5 Å². The lowest BCUT2D eigenvalue weighted by molar-refractivity contribution is -0.137. The molecular weight excluding hydrogens is 562 g/mol. The monoisotopic (exact) mass is 593 g/mol. The Hall–Kier alpha value is -3.90. The van der Waals surface area contributed by atoms with Gasteiger partial charge in [-0.2, -0.15) is 0 Å². The molecule has 1 amide bonds. The van der Waals surface area contributed by atoms with E-state index in [0.717, 1.165) is 24.5 Å². The number of nitrogens with zero attached hydrogens (tertiary/aromatic N) is 5. The van der Waals surface area contributed by atoms with Gasteiger partial charge in [-0.05, 0) is 55.3 Å². The van der Waals surface area contributed by atoms with Crippen molar-refractivity contribution in [3.05, 3.63) is 69.5 Å². The van der Waals surface area contributed by atoms with E-state index in [1.807, 2.05) is 30.3 Å². The van der Waals surface area contributed by atoms with Gasteiger partial charge in [0.05, 0.1) is 17.6 Å². The maximum atomic E-state index is 13.7. The fraction of sp³-hybridized carbons (Fsp3) is 0.345. The highest BCUT2D eigenvalue weighted by Crippen LogP contribution is 2.34. The van der Waals surface area contributed by atoms with Crippen LogP contribution in [0.3, 0.4) is 0 Å². The molecule has 5 rings (SSSR count). The molecule has 2 saturated heterocycles. The molecule has 2 aliphatic heterocycles. The van der Waals surface area contributed by atoms with Gasteiger partial charge in [0.1, 0.15) is 21.5 Å². The average Bonchev–Trinajstić information content (AvgIpc) is 3.25. The van der Waals surface area contributed by atoms with Crippen LogP contribution in [0.1, 0.15) is 31.2 Å². The van der Waals surface area contributed by atoms with E-state index in [1.165, 1.54) is 21.1 Å². The number of methoxy groups -OCH3 is 1. The number of carboxylic acid groups (broad SMARTS) is 1. The minimum atomic E-state index is -0.827. The first kappa shape index (κ1) is 28.6. The molecule has 0 radical (unpaired) electrons. The van der Waals surface area contributed by atoms with Crippen LogP contribution in [-0.4, -0.2) is 75.4 Å². The first-order valence-electron chi connectivity index (χ1n) is 13.5. The number of carbonyl (C=O) groups is 2. The second-order valence-electron chi connectivity index (χ2n) is 9.79. The maximum Gasteiger partial charge on any atom is 0.303 e. The Labute approximate surface area is 247 Å². The van der Waals surface area contributed by atoms with E-state index >= 15 is 0 Å². The van der Waals surface area contributed by atoms with Crippen molar-refractivity contribution in [2.24, 2.45) is 0 Å². The zero-order valence-electron chi connectivity index (χ0n) is 22.7. The molecule has 0 unspecified atom stereocenters. The Kier molecular flexibility index (Phi) is 8.89. The van der Waals surface area contributed by atoms with Crippen molar-refractivity contribution in [1.82, 2.24) is 14.3 Å². The lowest BCUT2D eigenvalue weighted by atomic mass is 10.2. The molecule has 2 fully saturated rings. The summed E-state index contributed by atoms with van der Waals surface area (Å²) in [5.74, 6) is 0.286. The number of anilines is 2. The number of unbranched alkanes of at least 4 members (excludes halogenated alkanes) is 2. The second kappa shape index (κ2) is 12.7. The first-order chi connectivity index (χ1) is 19.9. The number of ether oxygens (including phenoxy) is 1. The number of benzene rings is 1. The fourth-order valence-electron chi connectivity index (χ4n) is 4.97. The molecule has 10 nitrogen and oxygen atoms in total. The summed E-state index contributed by atoms with van der Waals surface area (Å²) in [6, 6.07) is 13.4. The number of amides is 1. The number of aromatic nitrogens is 2. The van der Waals surface area contributed by atoms with Gasteiger partial charge < -0.3 is 19.6 Å². The van der Waals surface area contributed by atoms with E-state index < -0.39 is 5.97 Å². The molecule has 214 valence electrons. The van der Waals surface area contributed by atoms with Crippen molar-refractivity contribution in [2.75, 3.05) is 49.6 Å².